The van der Waals surface area contributed by atoms with Gasteiger partial charge in [0.15, 0.2) is 0 Å². The molecule has 2 aliphatic rings. The summed E-state index contributed by atoms with van der Waals surface area (Å²) < 4.78 is 5.72. The summed E-state index contributed by atoms with van der Waals surface area (Å²) in [6.45, 7) is 0.941. The SMILES string of the molecule is O=C1C(=O)N(CC2CCCO2)C(c2ccccn2)/C1=C(/O)c1cccc2ccccc12. The number of aromatic nitrogens is 1. The van der Waals surface area contributed by atoms with E-state index in [2.05, 4.69) is 4.98 Å². The minimum absolute atomic E-state index is 0.0676. The molecular weight excluding hydrogens is 392 g/mol. The maximum Gasteiger partial charge on any atom is 0.295 e. The van der Waals surface area contributed by atoms with Crippen molar-refractivity contribution in [3.63, 3.8) is 0 Å². The Morgan fingerprint density at radius 2 is 1.87 bits per heavy atom. The van der Waals surface area contributed by atoms with Gasteiger partial charge in [-0.1, -0.05) is 48.5 Å². The highest BCUT2D eigenvalue weighted by Crippen LogP contribution is 2.40. The normalized spacial score (nSPS) is 23.0. The third-order valence-electron chi connectivity index (χ3n) is 5.98. The van der Waals surface area contributed by atoms with Crippen LogP contribution in [0.3, 0.4) is 0 Å². The number of nitrogens with zero attached hydrogens (tertiary/aromatic N) is 2. The molecule has 0 spiro atoms. The van der Waals surface area contributed by atoms with Crippen molar-refractivity contribution in [1.29, 1.82) is 0 Å². The van der Waals surface area contributed by atoms with Crippen molar-refractivity contribution >= 4 is 28.2 Å². The number of carbonyl (C=O) groups excluding carboxylic acids is 2. The van der Waals surface area contributed by atoms with E-state index >= 15 is 0 Å². The number of carbonyl (C=O) groups is 2. The minimum Gasteiger partial charge on any atom is -0.507 e. The average molecular weight is 414 g/mol. The highest BCUT2D eigenvalue weighted by molar-refractivity contribution is 6.46. The van der Waals surface area contributed by atoms with Gasteiger partial charge in [-0.3, -0.25) is 14.6 Å². The molecule has 156 valence electrons. The van der Waals surface area contributed by atoms with E-state index in [0.29, 0.717) is 17.9 Å². The Morgan fingerprint density at radius 1 is 1.06 bits per heavy atom. The smallest absolute Gasteiger partial charge is 0.295 e. The number of aliphatic hydroxyl groups excluding tert-OH is 1. The van der Waals surface area contributed by atoms with E-state index in [0.717, 1.165) is 23.6 Å². The lowest BCUT2D eigenvalue weighted by Crippen LogP contribution is -2.36. The molecular formula is C25H22N2O4. The van der Waals surface area contributed by atoms with Gasteiger partial charge in [0, 0.05) is 24.9 Å². The Hall–Kier alpha value is -3.51. The lowest BCUT2D eigenvalue weighted by Gasteiger charge is -2.26. The largest absolute Gasteiger partial charge is 0.507 e. The fourth-order valence-electron chi connectivity index (χ4n) is 4.50. The molecule has 1 aromatic heterocycles. The molecule has 6 nitrogen and oxygen atoms in total. The molecule has 6 heteroatoms. The van der Waals surface area contributed by atoms with Crippen LogP contribution >= 0.6 is 0 Å². The summed E-state index contributed by atoms with van der Waals surface area (Å²) in [7, 11) is 0. The Balaban J connectivity index is 1.67. The molecule has 2 aliphatic heterocycles. The maximum absolute atomic E-state index is 13.1. The number of benzene rings is 2. The first-order valence-corrected chi connectivity index (χ1v) is 10.4. The minimum atomic E-state index is -0.760. The summed E-state index contributed by atoms with van der Waals surface area (Å²) in [6, 6.07) is 17.8. The zero-order valence-corrected chi connectivity index (χ0v) is 16.9. The summed E-state index contributed by atoms with van der Waals surface area (Å²) in [6.07, 6.45) is 3.27. The monoisotopic (exact) mass is 414 g/mol. The Bertz CT molecular complexity index is 1180. The quantitative estimate of drug-likeness (QED) is 0.399. The average Bonchev–Trinajstić information content (AvgIpc) is 3.41. The van der Waals surface area contributed by atoms with Crippen molar-refractivity contribution in [2.45, 2.75) is 25.0 Å². The molecule has 2 saturated heterocycles. The van der Waals surface area contributed by atoms with Crippen LogP contribution in [0.5, 0.6) is 0 Å². The number of pyridine rings is 1. The van der Waals surface area contributed by atoms with Crippen LogP contribution in [0.25, 0.3) is 16.5 Å². The standard InChI is InChI=1S/C25H22N2O4/c28-23(19-11-5-8-16-7-1-2-10-18(16)19)21-22(20-12-3-4-13-26-20)27(25(30)24(21)29)15-17-9-6-14-31-17/h1-5,7-8,10-13,17,22,28H,6,9,14-15H2/b23-21-. The third-order valence-corrected chi connectivity index (χ3v) is 5.98. The number of ketones is 1. The first-order chi connectivity index (χ1) is 15.1. The molecule has 1 N–H and O–H groups in total. The zero-order chi connectivity index (χ0) is 21.4. The third kappa shape index (κ3) is 3.39. The number of hydrogen-bond acceptors (Lipinski definition) is 5. The Morgan fingerprint density at radius 3 is 2.65 bits per heavy atom. The second-order valence-corrected chi connectivity index (χ2v) is 7.87. The highest BCUT2D eigenvalue weighted by atomic mass is 16.5. The number of fused-ring (bicyclic) bond motifs is 1. The topological polar surface area (TPSA) is 79.7 Å². The second-order valence-electron chi connectivity index (χ2n) is 7.87. The van der Waals surface area contributed by atoms with Crippen LogP contribution < -0.4 is 0 Å². The van der Waals surface area contributed by atoms with Crippen molar-refractivity contribution < 1.29 is 19.4 Å². The van der Waals surface area contributed by atoms with Gasteiger partial charge in [-0.2, -0.15) is 0 Å². The van der Waals surface area contributed by atoms with E-state index in [1.165, 1.54) is 4.90 Å². The summed E-state index contributed by atoms with van der Waals surface area (Å²) in [5.41, 5.74) is 1.13. The maximum atomic E-state index is 13.1. The lowest BCUT2D eigenvalue weighted by molar-refractivity contribution is -0.140. The molecule has 0 bridgehead atoms. The predicted molar refractivity (Wildman–Crippen MR) is 116 cm³/mol. The highest BCUT2D eigenvalue weighted by Gasteiger charge is 2.47. The van der Waals surface area contributed by atoms with Crippen molar-refractivity contribution in [3.8, 4) is 0 Å². The number of hydrogen-bond donors (Lipinski definition) is 1. The van der Waals surface area contributed by atoms with Crippen LogP contribution in [-0.4, -0.2) is 45.9 Å². The second kappa shape index (κ2) is 7.96. The molecule has 3 heterocycles. The van der Waals surface area contributed by atoms with Crippen LogP contribution in [0.1, 0.15) is 30.1 Å². The van der Waals surface area contributed by atoms with Crippen LogP contribution in [0, 0.1) is 0 Å². The van der Waals surface area contributed by atoms with E-state index in [1.54, 1.807) is 24.4 Å². The van der Waals surface area contributed by atoms with E-state index < -0.39 is 17.7 Å². The molecule has 2 atom stereocenters. The van der Waals surface area contributed by atoms with Gasteiger partial charge in [0.25, 0.3) is 11.7 Å². The Kier molecular flexibility index (Phi) is 5.00. The molecule has 2 aromatic carbocycles. The van der Waals surface area contributed by atoms with E-state index in [9.17, 15) is 14.7 Å². The van der Waals surface area contributed by atoms with Crippen molar-refractivity contribution in [2.24, 2.45) is 0 Å². The summed E-state index contributed by atoms with van der Waals surface area (Å²) in [5.74, 6) is -1.51. The fourth-order valence-corrected chi connectivity index (χ4v) is 4.50. The van der Waals surface area contributed by atoms with E-state index in [4.69, 9.17) is 4.74 Å². The number of amides is 1. The summed E-state index contributed by atoms with van der Waals surface area (Å²) in [4.78, 5) is 32.1. The van der Waals surface area contributed by atoms with Crippen LogP contribution in [0.2, 0.25) is 0 Å². The van der Waals surface area contributed by atoms with Crippen LogP contribution in [0.15, 0.2) is 72.4 Å². The number of rotatable bonds is 4. The molecule has 0 aliphatic carbocycles. The van der Waals surface area contributed by atoms with Crippen molar-refractivity contribution in [2.75, 3.05) is 13.2 Å². The van der Waals surface area contributed by atoms with Gasteiger partial charge in [0.1, 0.15) is 11.8 Å². The zero-order valence-electron chi connectivity index (χ0n) is 16.9. The molecule has 2 fully saturated rings. The molecule has 3 aromatic rings. The van der Waals surface area contributed by atoms with Gasteiger partial charge < -0.3 is 14.7 Å². The molecule has 1 amide bonds. The molecule has 31 heavy (non-hydrogen) atoms. The van der Waals surface area contributed by atoms with Gasteiger partial charge in [-0.25, -0.2) is 0 Å². The van der Waals surface area contributed by atoms with Gasteiger partial charge >= 0.3 is 0 Å². The van der Waals surface area contributed by atoms with Crippen LogP contribution in [-0.2, 0) is 14.3 Å². The number of Topliss-reactive ketones (excluding diaryl/α,β-unsaturated/α-hetero) is 1. The van der Waals surface area contributed by atoms with E-state index in [1.807, 2.05) is 42.5 Å². The number of aliphatic hydroxyl groups is 1. The van der Waals surface area contributed by atoms with Crippen molar-refractivity contribution in [1.82, 2.24) is 9.88 Å². The van der Waals surface area contributed by atoms with Gasteiger partial charge in [0.2, 0.25) is 0 Å². The summed E-state index contributed by atoms with van der Waals surface area (Å²) >= 11 is 0. The summed E-state index contributed by atoms with van der Waals surface area (Å²) in [5, 5.41) is 13.1. The van der Waals surface area contributed by atoms with E-state index in [-0.39, 0.29) is 24.0 Å². The van der Waals surface area contributed by atoms with Gasteiger partial charge in [0.05, 0.1) is 17.4 Å². The molecule has 0 radical (unpaired) electrons. The van der Waals surface area contributed by atoms with Crippen LogP contribution in [0.4, 0.5) is 0 Å². The first kappa shape index (κ1) is 19.5. The number of likely N-dealkylation sites (tertiary alicyclic amines) is 1. The lowest BCUT2D eigenvalue weighted by atomic mass is 9.95. The molecule has 2 unspecified atom stereocenters. The van der Waals surface area contributed by atoms with Gasteiger partial charge in [-0.05, 0) is 35.7 Å². The van der Waals surface area contributed by atoms with Crippen molar-refractivity contribution in [3.05, 3.63) is 83.7 Å². The fraction of sp³-hybridized carbons (Fsp3) is 0.240. The first-order valence-electron chi connectivity index (χ1n) is 10.4. The molecule has 0 saturated carbocycles. The predicted octanol–water partition coefficient (Wildman–Crippen LogP) is 3.84. The number of ether oxygens (including phenoxy) is 1. The Labute approximate surface area is 179 Å². The van der Waals surface area contributed by atoms with Gasteiger partial charge in [-0.15, -0.1) is 0 Å². The molecule has 5 rings (SSSR count).